The second-order valence-corrected chi connectivity index (χ2v) is 6.65. The molecule has 0 bridgehead atoms. The average Bonchev–Trinajstić information content (AvgIpc) is 3.03. The number of benzene rings is 1. The van der Waals surface area contributed by atoms with Crippen LogP contribution in [0.15, 0.2) is 36.5 Å². The number of nitrogens with zero attached hydrogens (tertiary/aromatic N) is 2. The van der Waals surface area contributed by atoms with Crippen LogP contribution in [0.1, 0.15) is 40.0 Å². The molecule has 1 aromatic carbocycles. The summed E-state index contributed by atoms with van der Waals surface area (Å²) < 4.78 is 0. The van der Waals surface area contributed by atoms with Gasteiger partial charge < -0.3 is 4.90 Å². The molecule has 1 saturated heterocycles. The largest absolute Gasteiger partial charge is 0.338 e. The Kier molecular flexibility index (Phi) is 4.55. The smallest absolute Gasteiger partial charge is 0.265 e. The van der Waals surface area contributed by atoms with Gasteiger partial charge in [-0.15, -0.1) is 11.3 Å². The van der Waals surface area contributed by atoms with Crippen molar-refractivity contribution in [1.29, 1.82) is 0 Å². The van der Waals surface area contributed by atoms with E-state index in [-0.39, 0.29) is 5.91 Å². The highest BCUT2D eigenvalue weighted by molar-refractivity contribution is 7.14. The van der Waals surface area contributed by atoms with Crippen molar-refractivity contribution in [3.05, 3.63) is 52.0 Å². The van der Waals surface area contributed by atoms with Crippen LogP contribution in [0.3, 0.4) is 0 Å². The van der Waals surface area contributed by atoms with E-state index in [2.05, 4.69) is 23.7 Å². The summed E-state index contributed by atoms with van der Waals surface area (Å²) in [5, 5.41) is 0.692. The van der Waals surface area contributed by atoms with E-state index in [1.807, 2.05) is 35.2 Å². The van der Waals surface area contributed by atoms with Gasteiger partial charge in [0.1, 0.15) is 4.88 Å². The molecule has 1 aromatic heterocycles. The molecule has 112 valence electrons. The number of carbonyl (C=O) groups is 1. The summed E-state index contributed by atoms with van der Waals surface area (Å²) in [4.78, 5) is 19.3. The molecule has 1 fully saturated rings. The van der Waals surface area contributed by atoms with Gasteiger partial charge in [0, 0.05) is 18.7 Å². The van der Waals surface area contributed by atoms with Crippen LogP contribution in [0, 0.1) is 17.8 Å². The van der Waals surface area contributed by atoms with Gasteiger partial charge in [-0.25, -0.2) is 4.98 Å². The molecular weight excluding hydrogens is 292 g/mol. The highest BCUT2D eigenvalue weighted by atomic mass is 32.1. The fourth-order valence-corrected chi connectivity index (χ4v) is 3.18. The molecule has 2 aromatic rings. The first-order chi connectivity index (χ1) is 10.7. The zero-order valence-electron chi connectivity index (χ0n) is 12.6. The van der Waals surface area contributed by atoms with Crippen LogP contribution in [-0.4, -0.2) is 28.9 Å². The van der Waals surface area contributed by atoms with Crippen LogP contribution in [0.4, 0.5) is 0 Å². The molecule has 0 radical (unpaired) electrons. The van der Waals surface area contributed by atoms with Crippen molar-refractivity contribution < 1.29 is 4.79 Å². The van der Waals surface area contributed by atoms with Crippen molar-refractivity contribution in [2.24, 2.45) is 5.92 Å². The maximum absolute atomic E-state index is 12.4. The summed E-state index contributed by atoms with van der Waals surface area (Å²) in [7, 11) is 0. The maximum atomic E-state index is 12.4. The molecule has 0 saturated carbocycles. The second kappa shape index (κ2) is 6.76. The van der Waals surface area contributed by atoms with Crippen LogP contribution in [0.5, 0.6) is 0 Å². The Labute approximate surface area is 135 Å². The summed E-state index contributed by atoms with van der Waals surface area (Å²) >= 11 is 1.38. The van der Waals surface area contributed by atoms with Crippen molar-refractivity contribution in [3.63, 3.8) is 0 Å². The van der Waals surface area contributed by atoms with Crippen molar-refractivity contribution in [3.8, 4) is 11.8 Å². The van der Waals surface area contributed by atoms with E-state index in [9.17, 15) is 4.79 Å². The molecule has 3 nitrogen and oxygen atoms in total. The van der Waals surface area contributed by atoms with E-state index in [4.69, 9.17) is 0 Å². The maximum Gasteiger partial charge on any atom is 0.265 e. The first kappa shape index (κ1) is 14.8. The van der Waals surface area contributed by atoms with Crippen LogP contribution in [0.2, 0.25) is 0 Å². The van der Waals surface area contributed by atoms with Crippen molar-refractivity contribution in [2.45, 2.75) is 19.8 Å². The molecule has 22 heavy (non-hydrogen) atoms. The Hall–Kier alpha value is -2.12. The van der Waals surface area contributed by atoms with Gasteiger partial charge in [0.05, 0.1) is 6.20 Å². The van der Waals surface area contributed by atoms with Gasteiger partial charge in [-0.05, 0) is 36.8 Å². The Bertz CT molecular complexity index is 703. The van der Waals surface area contributed by atoms with E-state index >= 15 is 0 Å². The number of carbonyl (C=O) groups excluding carboxylic acids is 1. The Morgan fingerprint density at radius 1 is 1.23 bits per heavy atom. The van der Waals surface area contributed by atoms with E-state index in [1.165, 1.54) is 11.3 Å². The SMILES string of the molecule is CC1CCN(C(=O)c2cnc(C#Cc3ccccc3)s2)CC1. The zero-order chi connectivity index (χ0) is 15.4. The minimum absolute atomic E-state index is 0.0946. The number of hydrogen-bond donors (Lipinski definition) is 0. The number of thiazole rings is 1. The molecule has 1 aliphatic heterocycles. The first-order valence-corrected chi connectivity index (χ1v) is 8.36. The Morgan fingerprint density at radius 2 is 1.95 bits per heavy atom. The molecule has 0 spiro atoms. The number of amides is 1. The van der Waals surface area contributed by atoms with Gasteiger partial charge in [-0.3, -0.25) is 4.79 Å². The fourth-order valence-electron chi connectivity index (χ4n) is 2.45. The molecule has 1 amide bonds. The lowest BCUT2D eigenvalue weighted by atomic mass is 9.99. The highest BCUT2D eigenvalue weighted by Crippen LogP contribution is 2.20. The molecule has 1 aliphatic rings. The van der Waals surface area contributed by atoms with E-state index in [0.29, 0.717) is 9.88 Å². The lowest BCUT2D eigenvalue weighted by Crippen LogP contribution is -2.37. The molecule has 0 unspecified atom stereocenters. The molecular formula is C18H18N2OS. The van der Waals surface area contributed by atoms with Crippen molar-refractivity contribution in [1.82, 2.24) is 9.88 Å². The Balaban J connectivity index is 1.69. The summed E-state index contributed by atoms with van der Waals surface area (Å²) in [5.41, 5.74) is 0.954. The van der Waals surface area contributed by atoms with E-state index < -0.39 is 0 Å². The number of likely N-dealkylation sites (tertiary alicyclic amines) is 1. The summed E-state index contributed by atoms with van der Waals surface area (Å²) in [6.45, 7) is 3.94. The third-order valence-corrected chi connectivity index (χ3v) is 4.78. The molecule has 0 atom stereocenters. The Morgan fingerprint density at radius 3 is 2.68 bits per heavy atom. The van der Waals surface area contributed by atoms with Crippen molar-refractivity contribution in [2.75, 3.05) is 13.1 Å². The van der Waals surface area contributed by atoms with Crippen LogP contribution in [0.25, 0.3) is 0 Å². The molecule has 4 heteroatoms. The third-order valence-electron chi connectivity index (χ3n) is 3.87. The summed E-state index contributed by atoms with van der Waals surface area (Å²) in [5.74, 6) is 6.92. The lowest BCUT2D eigenvalue weighted by Gasteiger charge is -2.29. The number of aromatic nitrogens is 1. The predicted octanol–water partition coefficient (Wildman–Crippen LogP) is 3.42. The highest BCUT2D eigenvalue weighted by Gasteiger charge is 2.22. The predicted molar refractivity (Wildman–Crippen MR) is 88.8 cm³/mol. The monoisotopic (exact) mass is 310 g/mol. The van der Waals surface area contributed by atoms with E-state index in [1.54, 1.807) is 6.20 Å². The van der Waals surface area contributed by atoms with Gasteiger partial charge in [0.2, 0.25) is 0 Å². The van der Waals surface area contributed by atoms with Gasteiger partial charge in [0.25, 0.3) is 5.91 Å². The molecule has 2 heterocycles. The standard InChI is InChI=1S/C18H18N2OS/c1-14-9-11-20(12-10-14)18(21)16-13-19-17(22-16)8-7-15-5-3-2-4-6-15/h2-6,13-14H,9-12H2,1H3. The van der Waals surface area contributed by atoms with Gasteiger partial charge in [0.15, 0.2) is 5.01 Å². The fraction of sp³-hybridized carbons (Fsp3) is 0.333. The first-order valence-electron chi connectivity index (χ1n) is 7.54. The summed E-state index contributed by atoms with van der Waals surface area (Å²) in [6, 6.07) is 9.80. The van der Waals surface area contributed by atoms with Crippen LogP contribution < -0.4 is 0 Å². The van der Waals surface area contributed by atoms with Crippen LogP contribution >= 0.6 is 11.3 Å². The van der Waals surface area contributed by atoms with Gasteiger partial charge in [-0.2, -0.15) is 0 Å². The van der Waals surface area contributed by atoms with Gasteiger partial charge in [-0.1, -0.05) is 31.0 Å². The second-order valence-electron chi connectivity index (χ2n) is 5.62. The minimum Gasteiger partial charge on any atom is -0.338 e. The number of hydrogen-bond acceptors (Lipinski definition) is 3. The number of piperidine rings is 1. The molecule has 0 aliphatic carbocycles. The van der Waals surface area contributed by atoms with Crippen molar-refractivity contribution >= 4 is 17.2 Å². The minimum atomic E-state index is 0.0946. The molecule has 3 rings (SSSR count). The summed E-state index contributed by atoms with van der Waals surface area (Å²) in [6.07, 6.45) is 3.83. The zero-order valence-corrected chi connectivity index (χ0v) is 13.4. The average molecular weight is 310 g/mol. The molecule has 0 N–H and O–H groups in total. The van der Waals surface area contributed by atoms with Gasteiger partial charge >= 0.3 is 0 Å². The normalized spacial score (nSPS) is 15.2. The number of rotatable bonds is 1. The quantitative estimate of drug-likeness (QED) is 0.756. The van der Waals surface area contributed by atoms with E-state index in [0.717, 1.165) is 37.4 Å². The third kappa shape index (κ3) is 3.55. The van der Waals surface area contributed by atoms with Crippen LogP contribution in [-0.2, 0) is 0 Å². The topological polar surface area (TPSA) is 33.2 Å². The lowest BCUT2D eigenvalue weighted by molar-refractivity contribution is 0.0702.